The minimum absolute atomic E-state index is 0.0928. The summed E-state index contributed by atoms with van der Waals surface area (Å²) in [7, 11) is 0. The van der Waals surface area contributed by atoms with Crippen LogP contribution in [0.15, 0.2) is 24.3 Å². The summed E-state index contributed by atoms with van der Waals surface area (Å²) in [5, 5.41) is 0.220. The van der Waals surface area contributed by atoms with E-state index in [0.717, 1.165) is 0 Å². The molecule has 0 heterocycles. The third kappa shape index (κ3) is 2.42. The summed E-state index contributed by atoms with van der Waals surface area (Å²) < 4.78 is 0. The third-order valence-corrected chi connectivity index (χ3v) is 2.35. The SMILES string of the molecule is CCC(=O)C(=[N+]=[N-])C(=O)c1ccccc1Cl. The van der Waals surface area contributed by atoms with Crippen molar-refractivity contribution in [1.82, 2.24) is 0 Å². The summed E-state index contributed by atoms with van der Waals surface area (Å²) in [6, 6.07) is 6.28. The Bertz CT molecular complexity index is 491. The Morgan fingerprint density at radius 3 is 2.50 bits per heavy atom. The summed E-state index contributed by atoms with van der Waals surface area (Å²) >= 11 is 5.80. The first kappa shape index (κ1) is 12.3. The molecular weight excluding hydrogens is 228 g/mol. The molecule has 0 bridgehead atoms. The second-order valence-corrected chi connectivity index (χ2v) is 3.44. The van der Waals surface area contributed by atoms with Gasteiger partial charge >= 0.3 is 5.71 Å². The Morgan fingerprint density at radius 1 is 1.38 bits per heavy atom. The molecule has 0 aromatic heterocycles. The second-order valence-electron chi connectivity index (χ2n) is 3.03. The monoisotopic (exact) mass is 236 g/mol. The average Bonchev–Trinajstić information content (AvgIpc) is 2.30. The van der Waals surface area contributed by atoms with E-state index < -0.39 is 17.3 Å². The van der Waals surface area contributed by atoms with Gasteiger partial charge in [-0.25, -0.2) is 0 Å². The molecule has 0 saturated carbocycles. The topological polar surface area (TPSA) is 70.5 Å². The van der Waals surface area contributed by atoms with E-state index in [4.69, 9.17) is 17.1 Å². The van der Waals surface area contributed by atoms with Crippen LogP contribution < -0.4 is 0 Å². The van der Waals surface area contributed by atoms with E-state index in [0.29, 0.717) is 0 Å². The Kier molecular flexibility index (Phi) is 4.11. The lowest BCUT2D eigenvalue weighted by Gasteiger charge is -1.98. The predicted molar refractivity (Wildman–Crippen MR) is 59.7 cm³/mol. The van der Waals surface area contributed by atoms with Gasteiger partial charge in [-0.2, -0.15) is 4.79 Å². The van der Waals surface area contributed by atoms with Gasteiger partial charge in [0, 0.05) is 12.0 Å². The fraction of sp³-hybridized carbons (Fsp3) is 0.182. The second kappa shape index (κ2) is 5.35. The van der Waals surface area contributed by atoms with Crippen LogP contribution in [0.2, 0.25) is 5.02 Å². The van der Waals surface area contributed by atoms with Gasteiger partial charge in [-0.15, -0.1) is 0 Å². The van der Waals surface area contributed by atoms with Crippen LogP contribution in [-0.4, -0.2) is 22.1 Å². The number of Topliss-reactive ketones (excluding diaryl/α,β-unsaturated/α-hetero) is 2. The number of nitrogens with zero attached hydrogens (tertiary/aromatic N) is 2. The van der Waals surface area contributed by atoms with Crippen molar-refractivity contribution < 1.29 is 14.4 Å². The molecule has 0 aliphatic heterocycles. The smallest absolute Gasteiger partial charge is 0.360 e. The lowest BCUT2D eigenvalue weighted by Crippen LogP contribution is -2.25. The molecule has 1 aromatic rings. The molecule has 0 N–H and O–H groups in total. The Labute approximate surface area is 97.5 Å². The van der Waals surface area contributed by atoms with Crippen molar-refractivity contribution in [3.8, 4) is 0 Å². The van der Waals surface area contributed by atoms with Gasteiger partial charge in [0.05, 0.1) is 5.02 Å². The number of rotatable bonds is 4. The lowest BCUT2D eigenvalue weighted by atomic mass is 10.0. The van der Waals surface area contributed by atoms with Crippen LogP contribution in [0.1, 0.15) is 23.7 Å². The molecule has 0 spiro atoms. The molecule has 1 aromatic carbocycles. The summed E-state index contributed by atoms with van der Waals surface area (Å²) in [6.45, 7) is 1.58. The molecule has 0 aliphatic rings. The molecule has 5 heteroatoms. The van der Waals surface area contributed by atoms with Gasteiger partial charge in [-0.05, 0) is 12.1 Å². The molecule has 0 radical (unpaired) electrons. The molecule has 82 valence electrons. The van der Waals surface area contributed by atoms with E-state index in [1.807, 2.05) is 0 Å². The summed E-state index contributed by atoms with van der Waals surface area (Å²) in [5.41, 5.74) is 8.31. The van der Waals surface area contributed by atoms with E-state index in [9.17, 15) is 9.59 Å². The molecule has 0 aliphatic carbocycles. The lowest BCUT2D eigenvalue weighted by molar-refractivity contribution is -0.116. The van der Waals surface area contributed by atoms with Crippen LogP contribution >= 0.6 is 11.6 Å². The maximum Gasteiger partial charge on any atom is 0.405 e. The summed E-state index contributed by atoms with van der Waals surface area (Å²) in [4.78, 5) is 25.9. The first-order chi connectivity index (χ1) is 7.61. The van der Waals surface area contributed by atoms with E-state index in [-0.39, 0.29) is 17.0 Å². The van der Waals surface area contributed by atoms with Crippen molar-refractivity contribution in [3.05, 3.63) is 40.4 Å². The fourth-order valence-electron chi connectivity index (χ4n) is 1.17. The highest BCUT2D eigenvalue weighted by molar-refractivity contribution is 6.68. The number of carbonyl (C=O) groups excluding carboxylic acids is 2. The first-order valence-electron chi connectivity index (χ1n) is 4.66. The van der Waals surface area contributed by atoms with Crippen LogP contribution in [0.4, 0.5) is 0 Å². The molecule has 0 saturated heterocycles. The molecule has 0 fully saturated rings. The van der Waals surface area contributed by atoms with Gasteiger partial charge in [0.15, 0.2) is 0 Å². The molecular formula is C11H9ClN2O2. The number of halogens is 1. The van der Waals surface area contributed by atoms with Gasteiger partial charge in [0.25, 0.3) is 5.78 Å². The summed E-state index contributed by atoms with van der Waals surface area (Å²) in [5.74, 6) is -1.19. The number of benzene rings is 1. The minimum Gasteiger partial charge on any atom is -0.360 e. The van der Waals surface area contributed by atoms with Crippen molar-refractivity contribution in [3.63, 3.8) is 0 Å². The molecule has 0 atom stereocenters. The van der Waals surface area contributed by atoms with Crippen molar-refractivity contribution >= 4 is 28.9 Å². The predicted octanol–water partition coefficient (Wildman–Crippen LogP) is 2.17. The van der Waals surface area contributed by atoms with Gasteiger partial charge in [-0.1, -0.05) is 30.7 Å². The zero-order valence-corrected chi connectivity index (χ0v) is 9.36. The quantitative estimate of drug-likeness (QED) is 0.264. The summed E-state index contributed by atoms with van der Waals surface area (Å²) in [6.07, 6.45) is 0.0928. The zero-order valence-electron chi connectivity index (χ0n) is 8.61. The standard InChI is InChI=1S/C11H9ClN2O2/c1-2-9(15)10(14-13)11(16)7-5-3-4-6-8(7)12/h3-6H,2H2,1H3. The van der Waals surface area contributed by atoms with Crippen LogP contribution in [0, 0.1) is 0 Å². The largest absolute Gasteiger partial charge is 0.405 e. The van der Waals surface area contributed by atoms with Gasteiger partial charge in [0.1, 0.15) is 0 Å². The Balaban J connectivity index is 3.17. The van der Waals surface area contributed by atoms with E-state index >= 15 is 0 Å². The Hall–Kier alpha value is -1.77. The van der Waals surface area contributed by atoms with Crippen molar-refractivity contribution in [2.24, 2.45) is 0 Å². The first-order valence-corrected chi connectivity index (χ1v) is 5.04. The molecule has 1 rings (SSSR count). The average molecular weight is 237 g/mol. The van der Waals surface area contributed by atoms with Crippen LogP contribution in [0.5, 0.6) is 0 Å². The zero-order chi connectivity index (χ0) is 12.1. The van der Waals surface area contributed by atoms with E-state index in [1.165, 1.54) is 12.1 Å². The van der Waals surface area contributed by atoms with Crippen LogP contribution in [-0.2, 0) is 4.79 Å². The highest BCUT2D eigenvalue weighted by atomic mass is 35.5. The molecule has 0 amide bonds. The number of carbonyl (C=O) groups is 2. The van der Waals surface area contributed by atoms with Crippen molar-refractivity contribution in [2.45, 2.75) is 13.3 Å². The number of hydrogen-bond donors (Lipinski definition) is 0. The van der Waals surface area contributed by atoms with Crippen LogP contribution in [0.3, 0.4) is 0 Å². The van der Waals surface area contributed by atoms with Crippen molar-refractivity contribution in [2.75, 3.05) is 0 Å². The van der Waals surface area contributed by atoms with Crippen molar-refractivity contribution in [1.29, 1.82) is 0 Å². The van der Waals surface area contributed by atoms with Crippen LogP contribution in [0.25, 0.3) is 5.53 Å². The highest BCUT2D eigenvalue weighted by Gasteiger charge is 2.29. The Morgan fingerprint density at radius 2 is 2.00 bits per heavy atom. The molecule has 16 heavy (non-hydrogen) atoms. The number of ketones is 2. The normalized spacial score (nSPS) is 9.38. The van der Waals surface area contributed by atoms with E-state index in [2.05, 4.69) is 4.79 Å². The van der Waals surface area contributed by atoms with Gasteiger partial charge in [-0.3, -0.25) is 9.59 Å². The van der Waals surface area contributed by atoms with Gasteiger partial charge < -0.3 is 5.53 Å². The minimum atomic E-state index is -0.667. The fourth-order valence-corrected chi connectivity index (χ4v) is 1.39. The van der Waals surface area contributed by atoms with Gasteiger partial charge in [0.2, 0.25) is 5.78 Å². The highest BCUT2D eigenvalue weighted by Crippen LogP contribution is 2.15. The third-order valence-electron chi connectivity index (χ3n) is 2.02. The van der Waals surface area contributed by atoms with E-state index in [1.54, 1.807) is 19.1 Å². The maximum atomic E-state index is 11.8. The molecule has 0 unspecified atom stereocenters. The molecule has 4 nitrogen and oxygen atoms in total. The maximum absolute atomic E-state index is 11.8. The number of hydrogen-bond acceptors (Lipinski definition) is 2.